The maximum atomic E-state index is 12.3. The average molecular weight is 230 g/mol. The molecule has 1 aliphatic rings. The minimum absolute atomic E-state index is 0.0257. The Morgan fingerprint density at radius 3 is 2.06 bits per heavy atom. The van der Waals surface area contributed by atoms with Gasteiger partial charge < -0.3 is 10.0 Å². The topological polar surface area (TPSA) is 40.5 Å². The lowest BCUT2D eigenvalue weighted by molar-refractivity contribution is -0.137. The molecule has 0 bridgehead atoms. The lowest BCUT2D eigenvalue weighted by Gasteiger charge is -2.07. The van der Waals surface area contributed by atoms with Crippen molar-refractivity contribution in [1.82, 2.24) is 0 Å². The lowest BCUT2D eigenvalue weighted by atomic mass is 9.81. The summed E-state index contributed by atoms with van der Waals surface area (Å²) < 4.78 is 36.8. The van der Waals surface area contributed by atoms with Crippen LogP contribution in [-0.2, 0) is 6.18 Å². The maximum absolute atomic E-state index is 12.3. The van der Waals surface area contributed by atoms with Crippen molar-refractivity contribution in [2.75, 3.05) is 0 Å². The lowest BCUT2D eigenvalue weighted by Crippen LogP contribution is -2.11. The molecule has 0 heterocycles. The molecule has 0 amide bonds. The van der Waals surface area contributed by atoms with E-state index < -0.39 is 18.9 Å². The van der Waals surface area contributed by atoms with Crippen LogP contribution in [0.5, 0.6) is 0 Å². The van der Waals surface area contributed by atoms with Crippen LogP contribution in [0.1, 0.15) is 23.5 Å². The first-order valence-electron chi connectivity index (χ1n) is 4.93. The van der Waals surface area contributed by atoms with E-state index in [1.54, 1.807) is 0 Å². The normalized spacial score (nSPS) is 24.3. The van der Waals surface area contributed by atoms with Gasteiger partial charge in [-0.2, -0.15) is 13.2 Å². The fourth-order valence-electron chi connectivity index (χ4n) is 1.85. The molecule has 2 N–H and O–H groups in total. The van der Waals surface area contributed by atoms with Crippen molar-refractivity contribution >= 4 is 7.12 Å². The average Bonchev–Trinajstić information content (AvgIpc) is 2.96. The number of alkyl halides is 3. The van der Waals surface area contributed by atoms with E-state index in [4.69, 9.17) is 10.0 Å². The highest BCUT2D eigenvalue weighted by atomic mass is 19.4. The minimum atomic E-state index is -4.32. The third-order valence-corrected chi connectivity index (χ3v) is 2.89. The fourth-order valence-corrected chi connectivity index (χ4v) is 1.85. The molecule has 1 fully saturated rings. The number of halogens is 3. The van der Waals surface area contributed by atoms with Crippen molar-refractivity contribution in [3.63, 3.8) is 0 Å². The molecular formula is C10H10BF3O2. The number of rotatable bonds is 2. The first-order chi connectivity index (χ1) is 7.39. The van der Waals surface area contributed by atoms with Crippen LogP contribution in [-0.4, -0.2) is 17.2 Å². The summed E-state index contributed by atoms with van der Waals surface area (Å²) in [6, 6.07) is 4.84. The summed E-state index contributed by atoms with van der Waals surface area (Å²) >= 11 is 0. The molecule has 2 nitrogen and oxygen atoms in total. The van der Waals surface area contributed by atoms with Crippen LogP contribution >= 0.6 is 0 Å². The Morgan fingerprint density at radius 2 is 1.69 bits per heavy atom. The van der Waals surface area contributed by atoms with Gasteiger partial charge in [-0.3, -0.25) is 0 Å². The molecule has 1 aromatic carbocycles. The van der Waals surface area contributed by atoms with E-state index in [1.165, 1.54) is 12.1 Å². The second-order valence-electron chi connectivity index (χ2n) is 4.04. The second kappa shape index (κ2) is 3.78. The van der Waals surface area contributed by atoms with Crippen molar-refractivity contribution in [3.05, 3.63) is 35.4 Å². The Balaban J connectivity index is 2.10. The third-order valence-electron chi connectivity index (χ3n) is 2.89. The van der Waals surface area contributed by atoms with Crippen LogP contribution in [0, 0.1) is 0 Å². The zero-order valence-corrected chi connectivity index (χ0v) is 8.28. The molecule has 0 saturated heterocycles. The van der Waals surface area contributed by atoms with Crippen molar-refractivity contribution < 1.29 is 23.2 Å². The Bertz CT molecular complexity index is 375. The van der Waals surface area contributed by atoms with Gasteiger partial charge in [0, 0.05) is 5.82 Å². The largest absolute Gasteiger partial charge is 0.455 e. The Labute approximate surface area is 90.9 Å². The molecule has 2 atom stereocenters. The van der Waals surface area contributed by atoms with Gasteiger partial charge in [0.2, 0.25) is 0 Å². The molecule has 6 heteroatoms. The summed E-state index contributed by atoms with van der Waals surface area (Å²) in [6.45, 7) is 0. The molecule has 0 unspecified atom stereocenters. The number of hydrogen-bond acceptors (Lipinski definition) is 2. The van der Waals surface area contributed by atoms with Gasteiger partial charge >= 0.3 is 13.3 Å². The standard InChI is InChI=1S/C10H10BF3O2/c12-10(13,14)7-3-1-6(2-4-7)8-5-9(8)11(15)16/h1-4,8-9,15-16H,5H2/t8-,9+/m0/s1. The predicted octanol–water partition coefficient (Wildman–Crippen LogP) is 2.04. The quantitative estimate of drug-likeness (QED) is 0.763. The van der Waals surface area contributed by atoms with Gasteiger partial charge in [-0.25, -0.2) is 0 Å². The summed E-state index contributed by atoms with van der Waals surface area (Å²) in [5, 5.41) is 17.8. The molecule has 1 aromatic rings. The van der Waals surface area contributed by atoms with Crippen LogP contribution in [0.15, 0.2) is 24.3 Å². The van der Waals surface area contributed by atoms with Crippen LogP contribution in [0.4, 0.5) is 13.2 Å². The van der Waals surface area contributed by atoms with Gasteiger partial charge in [-0.1, -0.05) is 12.1 Å². The summed E-state index contributed by atoms with van der Waals surface area (Å²) in [7, 11) is -1.38. The molecule has 0 aromatic heterocycles. The predicted molar refractivity (Wildman–Crippen MR) is 52.7 cm³/mol. The molecule has 86 valence electrons. The summed E-state index contributed by atoms with van der Waals surface area (Å²) in [6.07, 6.45) is -3.71. The van der Waals surface area contributed by atoms with Crippen molar-refractivity contribution in [1.29, 1.82) is 0 Å². The molecule has 1 aliphatic carbocycles. The molecule has 0 spiro atoms. The van der Waals surface area contributed by atoms with Crippen molar-refractivity contribution in [3.8, 4) is 0 Å². The summed E-state index contributed by atoms with van der Waals surface area (Å²) in [5.74, 6) is -0.265. The van der Waals surface area contributed by atoms with Crippen molar-refractivity contribution in [2.24, 2.45) is 0 Å². The van der Waals surface area contributed by atoms with Crippen LogP contribution in [0.3, 0.4) is 0 Å². The fraction of sp³-hybridized carbons (Fsp3) is 0.400. The molecule has 2 rings (SSSR count). The third kappa shape index (κ3) is 2.22. The zero-order valence-electron chi connectivity index (χ0n) is 8.28. The van der Waals surface area contributed by atoms with E-state index in [-0.39, 0.29) is 11.7 Å². The van der Waals surface area contributed by atoms with Gasteiger partial charge in [0.25, 0.3) is 0 Å². The van der Waals surface area contributed by atoms with E-state index >= 15 is 0 Å². The second-order valence-corrected chi connectivity index (χ2v) is 4.04. The molecule has 0 aliphatic heterocycles. The Morgan fingerprint density at radius 1 is 1.12 bits per heavy atom. The number of benzene rings is 1. The molecule has 0 radical (unpaired) electrons. The summed E-state index contributed by atoms with van der Waals surface area (Å²) in [5.41, 5.74) is 0.0455. The van der Waals surface area contributed by atoms with Gasteiger partial charge in [-0.05, 0) is 30.0 Å². The molecule has 1 saturated carbocycles. The van der Waals surface area contributed by atoms with Crippen LogP contribution in [0.2, 0.25) is 5.82 Å². The zero-order chi connectivity index (χ0) is 11.9. The molecule has 16 heavy (non-hydrogen) atoms. The van der Waals surface area contributed by atoms with E-state index in [9.17, 15) is 13.2 Å². The van der Waals surface area contributed by atoms with E-state index in [1.807, 2.05) is 0 Å². The van der Waals surface area contributed by atoms with Crippen molar-refractivity contribution in [2.45, 2.75) is 24.3 Å². The van der Waals surface area contributed by atoms with E-state index in [0.29, 0.717) is 6.42 Å². The molecular weight excluding hydrogens is 220 g/mol. The Kier molecular flexibility index (Phi) is 2.71. The van der Waals surface area contributed by atoms with Crippen LogP contribution in [0.25, 0.3) is 0 Å². The minimum Gasteiger partial charge on any atom is -0.427 e. The first-order valence-corrected chi connectivity index (χ1v) is 4.93. The van der Waals surface area contributed by atoms with Gasteiger partial charge in [0.05, 0.1) is 5.56 Å². The number of hydrogen-bond donors (Lipinski definition) is 2. The monoisotopic (exact) mass is 230 g/mol. The SMILES string of the molecule is OB(O)[C@@H]1C[C@H]1c1ccc(C(F)(F)F)cc1. The maximum Gasteiger partial charge on any atom is 0.455 e. The highest BCUT2D eigenvalue weighted by Crippen LogP contribution is 2.53. The smallest absolute Gasteiger partial charge is 0.427 e. The Hall–Kier alpha value is -1.01. The van der Waals surface area contributed by atoms with Gasteiger partial charge in [0.1, 0.15) is 0 Å². The van der Waals surface area contributed by atoms with Crippen LogP contribution < -0.4 is 0 Å². The van der Waals surface area contributed by atoms with E-state index in [2.05, 4.69) is 0 Å². The van der Waals surface area contributed by atoms with E-state index in [0.717, 1.165) is 17.7 Å². The highest BCUT2D eigenvalue weighted by Gasteiger charge is 2.46. The summed E-state index contributed by atoms with van der Waals surface area (Å²) in [4.78, 5) is 0. The highest BCUT2D eigenvalue weighted by molar-refractivity contribution is 6.44. The van der Waals surface area contributed by atoms with Gasteiger partial charge in [0.15, 0.2) is 0 Å². The van der Waals surface area contributed by atoms with Gasteiger partial charge in [-0.15, -0.1) is 0 Å². The first kappa shape index (κ1) is 11.5.